The fourth-order valence-corrected chi connectivity index (χ4v) is 1.25. The minimum atomic E-state index is -0.498. The van der Waals surface area contributed by atoms with Crippen molar-refractivity contribution in [3.8, 4) is 5.75 Å². The van der Waals surface area contributed by atoms with E-state index in [0.29, 0.717) is 11.3 Å². The van der Waals surface area contributed by atoms with E-state index in [1.54, 1.807) is 13.0 Å². The van der Waals surface area contributed by atoms with Crippen LogP contribution in [0.2, 0.25) is 0 Å². The van der Waals surface area contributed by atoms with Gasteiger partial charge in [-0.1, -0.05) is 5.16 Å². The molecule has 0 aliphatic heterocycles. The first kappa shape index (κ1) is 12.0. The summed E-state index contributed by atoms with van der Waals surface area (Å²) in [4.78, 5) is 14.9. The van der Waals surface area contributed by atoms with Crippen LogP contribution in [-0.2, 0) is 4.84 Å². The molecule has 86 valence electrons. The average molecular weight is 224 g/mol. The first-order valence-corrected chi connectivity index (χ1v) is 4.50. The normalized spacial score (nSPS) is 11.1. The molecule has 6 heteroatoms. The van der Waals surface area contributed by atoms with Gasteiger partial charge in [0.1, 0.15) is 7.11 Å². The number of nitro groups is 1. The highest BCUT2D eigenvalue weighted by molar-refractivity contribution is 5.99. The Labute approximate surface area is 92.6 Å². The molecule has 1 aromatic carbocycles. The molecule has 1 rings (SSSR count). The van der Waals surface area contributed by atoms with Crippen LogP contribution in [-0.4, -0.2) is 24.9 Å². The zero-order chi connectivity index (χ0) is 12.1. The molecule has 0 atom stereocenters. The monoisotopic (exact) mass is 224 g/mol. The van der Waals surface area contributed by atoms with Crippen LogP contribution in [0.15, 0.2) is 23.4 Å². The minimum Gasteiger partial charge on any atom is -0.490 e. The summed E-state index contributed by atoms with van der Waals surface area (Å²) in [5.41, 5.74) is 1.09. The van der Waals surface area contributed by atoms with E-state index in [0.717, 1.165) is 0 Å². The molecule has 0 bridgehead atoms. The molecular weight excluding hydrogens is 212 g/mol. The maximum absolute atomic E-state index is 10.8. The lowest BCUT2D eigenvalue weighted by molar-refractivity contribution is -0.385. The Hall–Kier alpha value is -2.11. The van der Waals surface area contributed by atoms with Crippen molar-refractivity contribution in [3.63, 3.8) is 0 Å². The van der Waals surface area contributed by atoms with Crippen LogP contribution in [0.4, 0.5) is 5.69 Å². The van der Waals surface area contributed by atoms with Crippen molar-refractivity contribution in [1.82, 2.24) is 0 Å². The number of nitro benzene ring substituents is 1. The molecule has 0 spiro atoms. The van der Waals surface area contributed by atoms with Crippen LogP contribution in [0.1, 0.15) is 12.5 Å². The number of hydrogen-bond donors (Lipinski definition) is 0. The first-order valence-electron chi connectivity index (χ1n) is 4.50. The molecular formula is C10H12N2O4. The number of hydrogen-bond acceptors (Lipinski definition) is 5. The topological polar surface area (TPSA) is 74.0 Å². The Kier molecular flexibility index (Phi) is 3.82. The summed E-state index contributed by atoms with van der Waals surface area (Å²) in [7, 11) is 2.81. The van der Waals surface area contributed by atoms with Crippen molar-refractivity contribution in [2.24, 2.45) is 5.16 Å². The van der Waals surface area contributed by atoms with E-state index in [1.165, 1.54) is 26.4 Å². The zero-order valence-electron chi connectivity index (χ0n) is 9.26. The highest BCUT2D eigenvalue weighted by Crippen LogP contribution is 2.27. The molecule has 0 aliphatic carbocycles. The standard InChI is InChI=1S/C10H12N2O4/c1-7(11-16-3)8-4-5-10(15-2)9(6-8)12(13)14/h4-6H,1-3H3/b11-7-. The van der Waals surface area contributed by atoms with Gasteiger partial charge < -0.3 is 9.57 Å². The lowest BCUT2D eigenvalue weighted by atomic mass is 10.1. The third kappa shape index (κ3) is 2.47. The number of ether oxygens (including phenoxy) is 1. The number of oxime groups is 1. The molecule has 0 unspecified atom stereocenters. The molecule has 0 heterocycles. The van der Waals surface area contributed by atoms with E-state index < -0.39 is 4.92 Å². The molecule has 0 saturated heterocycles. The van der Waals surface area contributed by atoms with Crippen LogP contribution in [0, 0.1) is 10.1 Å². The average Bonchev–Trinajstić information content (AvgIpc) is 2.28. The molecule has 0 saturated carbocycles. The van der Waals surface area contributed by atoms with Crippen molar-refractivity contribution < 1.29 is 14.5 Å². The van der Waals surface area contributed by atoms with Gasteiger partial charge in [-0.2, -0.15) is 0 Å². The largest absolute Gasteiger partial charge is 0.490 e. The van der Waals surface area contributed by atoms with Crippen LogP contribution >= 0.6 is 0 Å². The van der Waals surface area contributed by atoms with Gasteiger partial charge in [0.25, 0.3) is 0 Å². The van der Waals surface area contributed by atoms with E-state index in [4.69, 9.17) is 4.74 Å². The summed E-state index contributed by atoms with van der Waals surface area (Å²) in [5.74, 6) is 0.221. The fraction of sp³-hybridized carbons (Fsp3) is 0.300. The van der Waals surface area contributed by atoms with Gasteiger partial charge in [0, 0.05) is 11.6 Å². The van der Waals surface area contributed by atoms with Crippen LogP contribution in [0.5, 0.6) is 5.75 Å². The Morgan fingerprint density at radius 2 is 2.12 bits per heavy atom. The van der Waals surface area contributed by atoms with E-state index in [-0.39, 0.29) is 11.4 Å². The SMILES string of the molecule is CO/N=C(/C)c1ccc(OC)c([N+](=O)[O-])c1. The Morgan fingerprint density at radius 3 is 2.62 bits per heavy atom. The summed E-state index contributed by atoms with van der Waals surface area (Å²) in [6, 6.07) is 4.61. The number of methoxy groups -OCH3 is 1. The summed E-state index contributed by atoms with van der Waals surface area (Å²) < 4.78 is 4.89. The predicted molar refractivity (Wildman–Crippen MR) is 58.9 cm³/mol. The highest BCUT2D eigenvalue weighted by Gasteiger charge is 2.15. The van der Waals surface area contributed by atoms with Gasteiger partial charge in [0.2, 0.25) is 0 Å². The number of rotatable bonds is 4. The van der Waals surface area contributed by atoms with Crippen LogP contribution < -0.4 is 4.74 Å². The molecule has 0 N–H and O–H groups in total. The van der Waals surface area contributed by atoms with Gasteiger partial charge in [0.15, 0.2) is 5.75 Å². The molecule has 0 amide bonds. The van der Waals surface area contributed by atoms with E-state index in [2.05, 4.69) is 9.99 Å². The summed E-state index contributed by atoms with van der Waals surface area (Å²) in [6.07, 6.45) is 0. The minimum absolute atomic E-state index is 0.0920. The van der Waals surface area contributed by atoms with Crippen molar-refractivity contribution >= 4 is 11.4 Å². The van der Waals surface area contributed by atoms with Gasteiger partial charge >= 0.3 is 5.69 Å². The Morgan fingerprint density at radius 1 is 1.44 bits per heavy atom. The molecule has 0 fully saturated rings. The fourth-order valence-electron chi connectivity index (χ4n) is 1.25. The van der Waals surface area contributed by atoms with Crippen molar-refractivity contribution in [2.45, 2.75) is 6.92 Å². The van der Waals surface area contributed by atoms with Crippen molar-refractivity contribution in [2.75, 3.05) is 14.2 Å². The number of benzene rings is 1. The van der Waals surface area contributed by atoms with Gasteiger partial charge in [-0.25, -0.2) is 0 Å². The van der Waals surface area contributed by atoms with Crippen molar-refractivity contribution in [3.05, 3.63) is 33.9 Å². The van der Waals surface area contributed by atoms with E-state index >= 15 is 0 Å². The lowest BCUT2D eigenvalue weighted by Crippen LogP contribution is -1.99. The van der Waals surface area contributed by atoms with Gasteiger partial charge in [-0.05, 0) is 19.1 Å². The van der Waals surface area contributed by atoms with Gasteiger partial charge in [0.05, 0.1) is 17.7 Å². The summed E-state index contributed by atoms with van der Waals surface area (Å²) in [5, 5.41) is 14.5. The quantitative estimate of drug-likeness (QED) is 0.445. The molecule has 6 nitrogen and oxygen atoms in total. The van der Waals surface area contributed by atoms with Crippen molar-refractivity contribution in [1.29, 1.82) is 0 Å². The second-order valence-corrected chi connectivity index (χ2v) is 3.00. The molecule has 1 aromatic rings. The van der Waals surface area contributed by atoms with E-state index in [9.17, 15) is 10.1 Å². The predicted octanol–water partition coefficient (Wildman–Crippen LogP) is 1.97. The third-order valence-electron chi connectivity index (χ3n) is 2.02. The zero-order valence-corrected chi connectivity index (χ0v) is 9.26. The Bertz CT molecular complexity index is 429. The summed E-state index contributed by atoms with van der Waals surface area (Å²) in [6.45, 7) is 1.70. The second-order valence-electron chi connectivity index (χ2n) is 3.00. The van der Waals surface area contributed by atoms with Crippen LogP contribution in [0.25, 0.3) is 0 Å². The van der Waals surface area contributed by atoms with Crippen LogP contribution in [0.3, 0.4) is 0 Å². The Balaban J connectivity index is 3.22. The molecule has 0 aromatic heterocycles. The second kappa shape index (κ2) is 5.11. The maximum Gasteiger partial charge on any atom is 0.311 e. The number of nitrogens with zero attached hydrogens (tertiary/aromatic N) is 2. The lowest BCUT2D eigenvalue weighted by Gasteiger charge is -2.04. The van der Waals surface area contributed by atoms with E-state index in [1.807, 2.05) is 0 Å². The first-order chi connectivity index (χ1) is 7.60. The third-order valence-corrected chi connectivity index (χ3v) is 2.02. The molecule has 16 heavy (non-hydrogen) atoms. The highest BCUT2D eigenvalue weighted by atomic mass is 16.6. The molecule has 0 aliphatic rings. The van der Waals surface area contributed by atoms with Gasteiger partial charge in [-0.15, -0.1) is 0 Å². The molecule has 0 radical (unpaired) electrons. The smallest absolute Gasteiger partial charge is 0.311 e. The van der Waals surface area contributed by atoms with Gasteiger partial charge in [-0.3, -0.25) is 10.1 Å². The maximum atomic E-state index is 10.8. The summed E-state index contributed by atoms with van der Waals surface area (Å²) >= 11 is 0.